The van der Waals surface area contributed by atoms with Crippen LogP contribution in [0, 0.1) is 5.41 Å². The molecule has 0 spiro atoms. The van der Waals surface area contributed by atoms with Gasteiger partial charge in [0.25, 0.3) is 5.91 Å². The summed E-state index contributed by atoms with van der Waals surface area (Å²) in [6.45, 7) is 15.7. The summed E-state index contributed by atoms with van der Waals surface area (Å²) >= 11 is 0. The molecule has 6 bridgehead atoms. The second-order valence-electron chi connectivity index (χ2n) is 20.2. The zero-order chi connectivity index (χ0) is 45.7. The summed E-state index contributed by atoms with van der Waals surface area (Å²) in [5.41, 5.74) is 7.65. The van der Waals surface area contributed by atoms with Crippen LogP contribution in [0.2, 0.25) is 0 Å². The van der Waals surface area contributed by atoms with Crippen molar-refractivity contribution in [3.8, 4) is 22.4 Å². The predicted molar refractivity (Wildman–Crippen MR) is 241 cm³/mol. The van der Waals surface area contributed by atoms with Crippen LogP contribution in [-0.4, -0.2) is 107 Å². The topological polar surface area (TPSA) is 121 Å². The fourth-order valence-corrected chi connectivity index (χ4v) is 9.47. The number of carbonyl (C=O) groups excluding carboxylic acids is 3. The molecule has 3 fully saturated rings. The van der Waals surface area contributed by atoms with E-state index in [9.17, 15) is 27.6 Å². The average molecular weight is 886 g/mol. The van der Waals surface area contributed by atoms with Gasteiger partial charge in [-0.1, -0.05) is 58.0 Å². The third-order valence-electron chi connectivity index (χ3n) is 12.6. The molecule has 2 saturated heterocycles. The summed E-state index contributed by atoms with van der Waals surface area (Å²) in [6.07, 6.45) is 0.343. The molecule has 2 atom stereocenters. The Morgan fingerprint density at radius 3 is 2.41 bits per heavy atom. The van der Waals surface area contributed by atoms with E-state index in [1.807, 2.05) is 76.4 Å². The lowest BCUT2D eigenvalue weighted by Gasteiger charge is -2.36. The normalized spacial score (nSPS) is 21.5. The highest BCUT2D eigenvalue weighted by Crippen LogP contribution is 2.44. The van der Waals surface area contributed by atoms with Gasteiger partial charge in [0, 0.05) is 67.1 Å². The number of alkyl halides is 3. The maximum atomic E-state index is 14.9. The van der Waals surface area contributed by atoms with E-state index in [-0.39, 0.29) is 25.4 Å². The van der Waals surface area contributed by atoms with Crippen LogP contribution >= 0.6 is 0 Å². The van der Waals surface area contributed by atoms with E-state index in [2.05, 4.69) is 20.5 Å². The number of carbonyl (C=O) groups is 3. The van der Waals surface area contributed by atoms with Gasteiger partial charge in [-0.15, -0.1) is 0 Å². The van der Waals surface area contributed by atoms with Crippen molar-refractivity contribution in [2.24, 2.45) is 5.41 Å². The minimum atomic E-state index is -4.55. The maximum absolute atomic E-state index is 14.9. The van der Waals surface area contributed by atoms with Crippen molar-refractivity contribution in [3.63, 3.8) is 0 Å². The highest BCUT2D eigenvalue weighted by molar-refractivity contribution is 5.96. The van der Waals surface area contributed by atoms with E-state index in [1.54, 1.807) is 26.8 Å². The quantitative estimate of drug-likeness (QED) is 0.184. The lowest BCUT2D eigenvalue weighted by atomic mass is 9.83. The van der Waals surface area contributed by atoms with Gasteiger partial charge in [0.15, 0.2) is 0 Å². The van der Waals surface area contributed by atoms with Gasteiger partial charge in [-0.05, 0) is 99.2 Å². The number of piperazine rings is 1. The third kappa shape index (κ3) is 10.4. The SMILES string of the molecule is CC(C)c1ncc(N2CCN(C3CC3)CC2)cc1-c1c2c3cc(ccc3n1CC(F)(F)F)-c1cccc(c1)C[C@H](NC(=O)OC(C)(C)C)C(=O)N1CCC[C@H](N1)C(=O)OCC(C)(C)C2. The zero-order valence-electron chi connectivity index (χ0n) is 38.1. The molecular formula is C49H62F3N7O5. The van der Waals surface area contributed by atoms with Gasteiger partial charge >= 0.3 is 18.2 Å². The van der Waals surface area contributed by atoms with Crippen molar-refractivity contribution in [1.82, 2.24) is 30.2 Å². The molecule has 344 valence electrons. The molecule has 0 unspecified atom stereocenters. The summed E-state index contributed by atoms with van der Waals surface area (Å²) in [6, 6.07) is 14.0. The first-order chi connectivity index (χ1) is 30.2. The maximum Gasteiger partial charge on any atom is 0.408 e. The number of alkyl carbamates (subject to hydrolysis) is 1. The number of ether oxygens (including phenoxy) is 2. The number of cyclic esters (lactones) is 1. The Bertz CT molecular complexity index is 2390. The van der Waals surface area contributed by atoms with Crippen molar-refractivity contribution < 1.29 is 37.0 Å². The first kappa shape index (κ1) is 45.4. The number of anilines is 1. The molecule has 1 saturated carbocycles. The molecule has 3 aliphatic heterocycles. The lowest BCUT2D eigenvalue weighted by molar-refractivity contribution is -0.155. The molecule has 15 heteroatoms. The number of nitrogens with zero attached hydrogens (tertiary/aromatic N) is 5. The number of benzene rings is 2. The van der Waals surface area contributed by atoms with Crippen molar-refractivity contribution >= 4 is 34.6 Å². The second-order valence-corrected chi connectivity index (χ2v) is 20.2. The molecule has 0 radical (unpaired) electrons. The van der Waals surface area contributed by atoms with Gasteiger partial charge in [0.1, 0.15) is 24.2 Å². The summed E-state index contributed by atoms with van der Waals surface area (Å²) in [5, 5.41) is 4.81. The van der Waals surface area contributed by atoms with E-state index in [4.69, 9.17) is 14.5 Å². The van der Waals surface area contributed by atoms with Gasteiger partial charge in [-0.2, -0.15) is 13.2 Å². The van der Waals surface area contributed by atoms with E-state index in [1.165, 1.54) is 22.4 Å². The molecule has 64 heavy (non-hydrogen) atoms. The third-order valence-corrected chi connectivity index (χ3v) is 12.6. The first-order valence-corrected chi connectivity index (χ1v) is 22.8. The van der Waals surface area contributed by atoms with Crippen molar-refractivity contribution in [2.75, 3.05) is 44.2 Å². The van der Waals surface area contributed by atoms with Gasteiger partial charge in [-0.25, -0.2) is 10.2 Å². The molecule has 12 nitrogen and oxygen atoms in total. The molecule has 2 N–H and O–H groups in total. The standard InChI is InChI=1S/C49H62F3N7O5/c1-30(2)42-37(25-35(27-53-42)57-20-18-56(19-21-57)34-14-15-34)43-38-26-48(6,7)29-63-45(61)39-12-9-17-59(55-39)44(60)40(54-46(62)64-47(3,4)5)23-31-10-8-11-32(22-31)33-13-16-41(36(38)24-33)58(43)28-49(50,51)52/h8,10-11,13,16,22,24-25,27,30,34,39-40,55H,9,12,14-15,17-21,23,26,28-29H2,1-7H3,(H,54,62)/t39-,40-/m0/s1. The molecule has 1 aliphatic carbocycles. The van der Waals surface area contributed by atoms with Crippen molar-refractivity contribution in [1.29, 1.82) is 0 Å². The fraction of sp³-hybridized carbons (Fsp3) is 0.551. The summed E-state index contributed by atoms with van der Waals surface area (Å²) in [4.78, 5) is 51.0. The van der Waals surface area contributed by atoms with Crippen molar-refractivity contribution in [2.45, 2.75) is 129 Å². The second kappa shape index (κ2) is 17.7. The number of aromatic nitrogens is 2. The largest absolute Gasteiger partial charge is 0.464 e. The van der Waals surface area contributed by atoms with E-state index in [0.717, 1.165) is 48.6 Å². The van der Waals surface area contributed by atoms with Crippen LogP contribution in [0.3, 0.4) is 0 Å². The molecule has 2 aromatic carbocycles. The van der Waals surface area contributed by atoms with Crippen LogP contribution in [0.4, 0.5) is 23.7 Å². The van der Waals surface area contributed by atoms with Crippen molar-refractivity contribution in [3.05, 3.63) is 71.5 Å². The van der Waals surface area contributed by atoms with Crippen LogP contribution < -0.4 is 15.6 Å². The number of amides is 2. The first-order valence-electron chi connectivity index (χ1n) is 22.8. The molecule has 5 heterocycles. The molecule has 4 aromatic rings. The molecule has 4 aliphatic rings. The van der Waals surface area contributed by atoms with Gasteiger partial charge in [0.2, 0.25) is 0 Å². The Labute approximate surface area is 373 Å². The van der Waals surface area contributed by atoms with Crippen LogP contribution in [0.25, 0.3) is 33.3 Å². The summed E-state index contributed by atoms with van der Waals surface area (Å²) < 4.78 is 57.8. The Kier molecular flexibility index (Phi) is 12.5. The Morgan fingerprint density at radius 1 is 0.984 bits per heavy atom. The van der Waals surface area contributed by atoms with E-state index in [0.29, 0.717) is 58.8 Å². The fourth-order valence-electron chi connectivity index (χ4n) is 9.47. The Hall–Kier alpha value is -5.15. The number of hydrazine groups is 1. The number of nitrogens with one attached hydrogen (secondary N) is 2. The molecule has 2 amide bonds. The number of halogens is 3. The lowest BCUT2D eigenvalue weighted by Crippen LogP contribution is -2.60. The highest BCUT2D eigenvalue weighted by atomic mass is 19.4. The minimum absolute atomic E-state index is 0.0332. The number of esters is 1. The number of rotatable bonds is 6. The van der Waals surface area contributed by atoms with Crippen LogP contribution in [-0.2, 0) is 38.4 Å². The van der Waals surface area contributed by atoms with Crippen LogP contribution in [0.5, 0.6) is 0 Å². The van der Waals surface area contributed by atoms with Gasteiger partial charge in [0.05, 0.1) is 29.9 Å². The van der Waals surface area contributed by atoms with Gasteiger partial charge < -0.3 is 24.3 Å². The summed E-state index contributed by atoms with van der Waals surface area (Å²) in [5.74, 6) is -1.08. The Morgan fingerprint density at radius 2 is 1.72 bits per heavy atom. The number of fused-ring (bicyclic) bond motifs is 6. The number of pyridine rings is 1. The monoisotopic (exact) mass is 885 g/mol. The molecule has 8 rings (SSSR count). The van der Waals surface area contributed by atoms with Gasteiger partial charge in [-0.3, -0.25) is 24.5 Å². The zero-order valence-corrected chi connectivity index (χ0v) is 38.1. The number of hydrogen-bond donors (Lipinski definition) is 2. The predicted octanol–water partition coefficient (Wildman–Crippen LogP) is 8.40. The molecule has 2 aromatic heterocycles. The minimum Gasteiger partial charge on any atom is -0.464 e. The summed E-state index contributed by atoms with van der Waals surface area (Å²) in [7, 11) is 0. The van der Waals surface area contributed by atoms with E-state index < -0.39 is 53.8 Å². The average Bonchev–Trinajstić information content (AvgIpc) is 4.05. The van der Waals surface area contributed by atoms with Crippen LogP contribution in [0.15, 0.2) is 54.7 Å². The molecular weight excluding hydrogens is 824 g/mol. The van der Waals surface area contributed by atoms with E-state index >= 15 is 0 Å². The highest BCUT2D eigenvalue weighted by Gasteiger charge is 2.38. The Balaban J connectivity index is 1.28. The smallest absolute Gasteiger partial charge is 0.408 e. The number of hydrogen-bond acceptors (Lipinski definition) is 9. The van der Waals surface area contributed by atoms with Crippen LogP contribution in [0.1, 0.15) is 96.9 Å².